The van der Waals surface area contributed by atoms with Gasteiger partial charge in [0.1, 0.15) is 0 Å². The van der Waals surface area contributed by atoms with Gasteiger partial charge in [-0.05, 0) is 31.5 Å². The molecule has 0 amide bonds. The van der Waals surface area contributed by atoms with Crippen LogP contribution in [0.15, 0.2) is 30.6 Å². The van der Waals surface area contributed by atoms with Gasteiger partial charge in [0.15, 0.2) is 11.6 Å². The molecular formula is C19H19N5O3. The first kappa shape index (κ1) is 16.9. The summed E-state index contributed by atoms with van der Waals surface area (Å²) >= 11 is 0. The maximum absolute atomic E-state index is 10.7. The monoisotopic (exact) mass is 365 g/mol. The number of aromatic nitrogens is 5. The van der Waals surface area contributed by atoms with Crippen molar-refractivity contribution in [2.75, 3.05) is 14.2 Å². The minimum absolute atomic E-state index is 0.110. The van der Waals surface area contributed by atoms with Crippen molar-refractivity contribution in [3.05, 3.63) is 41.9 Å². The Kier molecular flexibility index (Phi) is 3.95. The number of nitrogens with zero attached hydrogens (tertiary/aromatic N) is 4. The third kappa shape index (κ3) is 2.75. The molecule has 4 aromatic rings. The smallest absolute Gasteiger partial charge is 0.256 e. The molecule has 0 fully saturated rings. The summed E-state index contributed by atoms with van der Waals surface area (Å²) in [7, 11) is 3.11. The van der Waals surface area contributed by atoms with Crippen LogP contribution in [0.25, 0.3) is 28.0 Å². The van der Waals surface area contributed by atoms with Crippen molar-refractivity contribution in [3.8, 4) is 34.6 Å². The number of aromatic amines is 1. The summed E-state index contributed by atoms with van der Waals surface area (Å²) in [6, 6.07) is 5.59. The number of hydrogen-bond acceptors (Lipinski definition) is 6. The van der Waals surface area contributed by atoms with Crippen LogP contribution in [-0.4, -0.2) is 44.1 Å². The Morgan fingerprint density at radius 3 is 2.59 bits per heavy atom. The lowest BCUT2D eigenvalue weighted by Crippen LogP contribution is -1.95. The van der Waals surface area contributed by atoms with E-state index in [0.29, 0.717) is 28.4 Å². The number of aromatic hydroxyl groups is 1. The molecule has 0 atom stereocenters. The molecule has 4 aromatic heterocycles. The summed E-state index contributed by atoms with van der Waals surface area (Å²) in [5.41, 5.74) is 3.99. The molecule has 0 aliphatic heterocycles. The number of rotatable bonds is 4. The van der Waals surface area contributed by atoms with Crippen LogP contribution in [0.5, 0.6) is 17.5 Å². The molecule has 0 aliphatic carbocycles. The number of hydrogen-bond donors (Lipinski definition) is 2. The molecule has 0 saturated heterocycles. The number of H-pyrrole nitrogens is 1. The van der Waals surface area contributed by atoms with Crippen molar-refractivity contribution in [3.63, 3.8) is 0 Å². The average Bonchev–Trinajstić information content (AvgIpc) is 3.24. The first-order valence-corrected chi connectivity index (χ1v) is 8.34. The highest BCUT2D eigenvalue weighted by Crippen LogP contribution is 2.35. The number of ether oxygens (including phenoxy) is 2. The molecule has 27 heavy (non-hydrogen) atoms. The number of nitrogens with one attached hydrogen (secondary N) is 1. The Hall–Kier alpha value is -3.55. The third-order valence-corrected chi connectivity index (χ3v) is 4.41. The van der Waals surface area contributed by atoms with Crippen molar-refractivity contribution < 1.29 is 14.6 Å². The minimum atomic E-state index is 0.110. The molecule has 4 rings (SSSR count). The van der Waals surface area contributed by atoms with Crippen molar-refractivity contribution in [1.82, 2.24) is 24.7 Å². The number of fused-ring (bicyclic) bond motifs is 1. The van der Waals surface area contributed by atoms with Crippen molar-refractivity contribution in [2.24, 2.45) is 0 Å². The normalized spacial score (nSPS) is 11.1. The molecule has 0 aromatic carbocycles. The van der Waals surface area contributed by atoms with Gasteiger partial charge in [-0.2, -0.15) is 5.10 Å². The largest absolute Gasteiger partial charge is 0.494 e. The lowest BCUT2D eigenvalue weighted by molar-refractivity contribution is 0.343. The minimum Gasteiger partial charge on any atom is -0.494 e. The van der Waals surface area contributed by atoms with Crippen molar-refractivity contribution in [2.45, 2.75) is 13.8 Å². The molecule has 0 spiro atoms. The van der Waals surface area contributed by atoms with E-state index < -0.39 is 0 Å². The van der Waals surface area contributed by atoms with Gasteiger partial charge in [0.05, 0.1) is 30.8 Å². The van der Waals surface area contributed by atoms with Gasteiger partial charge in [-0.1, -0.05) is 0 Å². The lowest BCUT2D eigenvalue weighted by atomic mass is 10.1. The molecule has 4 heterocycles. The van der Waals surface area contributed by atoms with Gasteiger partial charge < -0.3 is 14.6 Å². The third-order valence-electron chi connectivity index (χ3n) is 4.41. The fourth-order valence-electron chi connectivity index (χ4n) is 3.11. The van der Waals surface area contributed by atoms with Crippen molar-refractivity contribution >= 4 is 10.9 Å². The highest BCUT2D eigenvalue weighted by atomic mass is 16.5. The summed E-state index contributed by atoms with van der Waals surface area (Å²) in [5.74, 6) is 1.66. The van der Waals surface area contributed by atoms with Gasteiger partial charge in [0.25, 0.3) is 5.88 Å². The molecule has 2 N–H and O–H groups in total. The van der Waals surface area contributed by atoms with Crippen LogP contribution in [0.3, 0.4) is 0 Å². The van der Waals surface area contributed by atoms with Gasteiger partial charge >= 0.3 is 0 Å². The zero-order valence-electron chi connectivity index (χ0n) is 15.4. The fraction of sp³-hybridized carbons (Fsp3) is 0.211. The number of methoxy groups -OCH3 is 2. The van der Waals surface area contributed by atoms with E-state index in [4.69, 9.17) is 14.5 Å². The summed E-state index contributed by atoms with van der Waals surface area (Å²) in [5, 5.41) is 18.4. The van der Waals surface area contributed by atoms with E-state index in [1.54, 1.807) is 31.2 Å². The van der Waals surface area contributed by atoms with Gasteiger partial charge in [0, 0.05) is 29.7 Å². The molecule has 0 bridgehead atoms. The number of pyridine rings is 2. The van der Waals surface area contributed by atoms with Gasteiger partial charge in [-0.15, -0.1) is 0 Å². The lowest BCUT2D eigenvalue weighted by Gasteiger charge is -2.09. The van der Waals surface area contributed by atoms with E-state index in [2.05, 4.69) is 15.2 Å². The first-order chi connectivity index (χ1) is 13.0. The Bertz CT molecular complexity index is 1150. The van der Waals surface area contributed by atoms with E-state index in [0.717, 1.165) is 22.5 Å². The number of aryl methyl sites for hydroxylation is 2. The molecule has 138 valence electrons. The van der Waals surface area contributed by atoms with Gasteiger partial charge in [0.2, 0.25) is 5.88 Å². The molecule has 8 heteroatoms. The maximum Gasteiger partial charge on any atom is 0.256 e. The average molecular weight is 365 g/mol. The topological polar surface area (TPSA) is 98.1 Å². The molecular weight excluding hydrogens is 346 g/mol. The van der Waals surface area contributed by atoms with Crippen LogP contribution in [0.1, 0.15) is 11.3 Å². The standard InChI is InChI=1S/C19H19N5O3/c1-10-5-13(12-7-15(26-3)18(27-4)20-8-12)21-14-9-24(19(25)17(10)14)16-6-11(2)22-23-16/h5-9,25H,1-4H3,(H,22,23). The molecule has 8 nitrogen and oxygen atoms in total. The van der Waals surface area contributed by atoms with E-state index in [-0.39, 0.29) is 5.88 Å². The fourth-order valence-corrected chi connectivity index (χ4v) is 3.11. The summed E-state index contributed by atoms with van der Waals surface area (Å²) in [6.45, 7) is 3.84. The maximum atomic E-state index is 10.7. The van der Waals surface area contributed by atoms with Crippen LogP contribution in [-0.2, 0) is 0 Å². The highest BCUT2D eigenvalue weighted by molar-refractivity contribution is 5.90. The zero-order chi connectivity index (χ0) is 19.1. The van der Waals surface area contributed by atoms with Crippen LogP contribution >= 0.6 is 0 Å². The Morgan fingerprint density at radius 1 is 1.11 bits per heavy atom. The Morgan fingerprint density at radius 2 is 1.93 bits per heavy atom. The highest BCUT2D eigenvalue weighted by Gasteiger charge is 2.17. The first-order valence-electron chi connectivity index (χ1n) is 8.34. The van der Waals surface area contributed by atoms with Crippen LogP contribution in [0.4, 0.5) is 0 Å². The van der Waals surface area contributed by atoms with Crippen LogP contribution in [0, 0.1) is 13.8 Å². The SMILES string of the molecule is COc1cc(-c2cc(C)c3c(O)n(-c4cc(C)[nH]n4)cc3n2)cnc1OC. The van der Waals surface area contributed by atoms with E-state index >= 15 is 0 Å². The van der Waals surface area contributed by atoms with Crippen LogP contribution < -0.4 is 9.47 Å². The summed E-state index contributed by atoms with van der Waals surface area (Å²) in [4.78, 5) is 8.97. The Balaban J connectivity index is 1.87. The second kappa shape index (κ2) is 6.31. The van der Waals surface area contributed by atoms with Gasteiger partial charge in [-0.3, -0.25) is 9.67 Å². The second-order valence-corrected chi connectivity index (χ2v) is 6.25. The Labute approximate surface area is 155 Å². The molecule has 0 saturated carbocycles. The predicted molar refractivity (Wildman–Crippen MR) is 101 cm³/mol. The van der Waals surface area contributed by atoms with Gasteiger partial charge in [-0.25, -0.2) is 9.97 Å². The molecule has 0 aliphatic rings. The van der Waals surface area contributed by atoms with Crippen LogP contribution in [0.2, 0.25) is 0 Å². The van der Waals surface area contributed by atoms with E-state index in [9.17, 15) is 5.11 Å². The van der Waals surface area contributed by atoms with E-state index in [1.165, 1.54) is 0 Å². The quantitative estimate of drug-likeness (QED) is 0.576. The summed E-state index contributed by atoms with van der Waals surface area (Å²) < 4.78 is 12.1. The summed E-state index contributed by atoms with van der Waals surface area (Å²) in [6.07, 6.45) is 3.45. The zero-order valence-corrected chi connectivity index (χ0v) is 15.4. The van der Waals surface area contributed by atoms with Crippen molar-refractivity contribution in [1.29, 1.82) is 0 Å². The predicted octanol–water partition coefficient (Wildman–Crippen LogP) is 3.15. The molecule has 0 unspecified atom stereocenters. The van der Waals surface area contributed by atoms with E-state index in [1.807, 2.05) is 32.0 Å². The molecule has 0 radical (unpaired) electrons. The second-order valence-electron chi connectivity index (χ2n) is 6.25.